The normalized spacial score (nSPS) is 14.7. The Morgan fingerprint density at radius 2 is 0.840 bits per heavy atom. The monoisotopic (exact) mass is 382 g/mol. The highest BCUT2D eigenvalue weighted by atomic mass is 31.1. The SMILES string of the molecule is [B][B]N(CCP(C(C)(C)C)C(C)(C)C)CCP(C(C)(C)C)C(C)(C)C. The Labute approximate surface area is 165 Å². The molecular weight excluding hydrogens is 338 g/mol. The molecule has 0 N–H and O–H groups in total. The van der Waals surface area contributed by atoms with E-state index in [9.17, 15) is 0 Å². The van der Waals surface area contributed by atoms with Crippen molar-refractivity contribution in [1.82, 2.24) is 4.81 Å². The van der Waals surface area contributed by atoms with Gasteiger partial charge in [0.2, 0.25) is 0 Å². The Hall–Kier alpha value is 0.950. The van der Waals surface area contributed by atoms with Crippen molar-refractivity contribution in [2.45, 2.75) is 104 Å². The van der Waals surface area contributed by atoms with Crippen LogP contribution >= 0.6 is 15.8 Å². The number of nitrogens with zero attached hydrogens (tertiary/aromatic N) is 1. The van der Waals surface area contributed by atoms with Gasteiger partial charge in [0.05, 0.1) is 0 Å². The number of rotatable bonds is 7. The van der Waals surface area contributed by atoms with Gasteiger partial charge in [-0.2, -0.15) is 0 Å². The molecule has 0 saturated carbocycles. The largest absolute Gasteiger partial charge is 0.356 e. The van der Waals surface area contributed by atoms with Crippen molar-refractivity contribution in [3.63, 3.8) is 0 Å². The minimum absolute atomic E-state index is 0.0641. The molecule has 0 aliphatic heterocycles. The molecule has 0 spiro atoms. The molecule has 25 heavy (non-hydrogen) atoms. The maximum atomic E-state index is 6.00. The van der Waals surface area contributed by atoms with Crippen LogP contribution in [-0.2, 0) is 0 Å². The van der Waals surface area contributed by atoms with Crippen LogP contribution in [0.25, 0.3) is 0 Å². The fraction of sp³-hybridized carbons (Fsp3) is 1.00. The van der Waals surface area contributed by atoms with E-state index in [1.54, 1.807) is 0 Å². The predicted octanol–water partition coefficient (Wildman–Crippen LogP) is 6.15. The fourth-order valence-corrected chi connectivity index (χ4v) is 11.7. The Kier molecular flexibility index (Phi) is 9.79. The van der Waals surface area contributed by atoms with Crippen molar-refractivity contribution >= 4 is 30.9 Å². The lowest BCUT2D eigenvalue weighted by Gasteiger charge is -2.44. The smallest absolute Gasteiger partial charge is 0.148 e. The first-order valence-electron chi connectivity index (χ1n) is 9.75. The summed E-state index contributed by atoms with van der Waals surface area (Å²) in [5.41, 5.74) is 0. The standard InChI is InChI=1S/C20H44B2NP2/c1-17(2,3)24(18(4,5)6)15-13-23(22-21)14-16-25(19(7,8)9)20(10,11)12/h13-16H2,1-12H3. The summed E-state index contributed by atoms with van der Waals surface area (Å²) in [6.07, 6.45) is 2.53. The van der Waals surface area contributed by atoms with Gasteiger partial charge < -0.3 is 4.81 Å². The lowest BCUT2D eigenvalue weighted by molar-refractivity contribution is 0.500. The van der Waals surface area contributed by atoms with Crippen LogP contribution in [0, 0.1) is 0 Å². The van der Waals surface area contributed by atoms with E-state index in [0.29, 0.717) is 20.6 Å². The molecule has 0 aliphatic rings. The third-order valence-corrected chi connectivity index (χ3v) is 12.4. The van der Waals surface area contributed by atoms with E-state index in [1.165, 1.54) is 12.3 Å². The molecule has 0 amide bonds. The summed E-state index contributed by atoms with van der Waals surface area (Å²) < 4.78 is 0. The second-order valence-corrected chi connectivity index (χ2v) is 19.1. The van der Waals surface area contributed by atoms with Gasteiger partial charge in [0.1, 0.15) is 7.31 Å². The van der Waals surface area contributed by atoms with Crippen LogP contribution in [0.3, 0.4) is 0 Å². The zero-order valence-electron chi connectivity index (χ0n) is 19.3. The summed E-state index contributed by atoms with van der Waals surface area (Å²) in [4.78, 5) is 2.37. The minimum atomic E-state index is -0.0641. The van der Waals surface area contributed by atoms with Gasteiger partial charge in [-0.3, -0.25) is 0 Å². The molecule has 0 bridgehead atoms. The third-order valence-electron chi connectivity index (χ3n) is 4.67. The van der Waals surface area contributed by atoms with Gasteiger partial charge in [0.25, 0.3) is 0 Å². The van der Waals surface area contributed by atoms with E-state index in [1.807, 2.05) is 7.31 Å². The highest BCUT2D eigenvalue weighted by Gasteiger charge is 2.35. The van der Waals surface area contributed by atoms with Crippen LogP contribution in [-0.4, -0.2) is 65.9 Å². The van der Waals surface area contributed by atoms with Crippen LogP contribution in [0.5, 0.6) is 0 Å². The molecule has 3 radical (unpaired) electrons. The Morgan fingerprint density at radius 1 is 0.600 bits per heavy atom. The molecule has 0 aromatic rings. The second kappa shape index (κ2) is 9.43. The quantitative estimate of drug-likeness (QED) is 0.377. The van der Waals surface area contributed by atoms with Gasteiger partial charge in [0.15, 0.2) is 0 Å². The lowest BCUT2D eigenvalue weighted by atomic mass is 9.65. The van der Waals surface area contributed by atoms with Gasteiger partial charge >= 0.3 is 0 Å². The summed E-state index contributed by atoms with van der Waals surface area (Å²) in [6, 6.07) is 0. The Balaban J connectivity index is 4.91. The first kappa shape index (κ1) is 25.9. The molecule has 0 aromatic carbocycles. The zero-order chi connectivity index (χ0) is 20.3. The maximum Gasteiger partial charge on any atom is 0.148 e. The highest BCUT2D eigenvalue weighted by molar-refractivity contribution is 7.61. The van der Waals surface area contributed by atoms with Crippen LogP contribution in [0.1, 0.15) is 83.1 Å². The predicted molar refractivity (Wildman–Crippen MR) is 126 cm³/mol. The van der Waals surface area contributed by atoms with E-state index in [-0.39, 0.29) is 15.8 Å². The number of hydrogen-bond donors (Lipinski definition) is 0. The van der Waals surface area contributed by atoms with E-state index in [2.05, 4.69) is 87.9 Å². The van der Waals surface area contributed by atoms with E-state index in [0.717, 1.165) is 13.1 Å². The molecule has 1 nitrogen and oxygen atoms in total. The van der Waals surface area contributed by atoms with Crippen molar-refractivity contribution in [1.29, 1.82) is 0 Å². The Morgan fingerprint density at radius 3 is 1.00 bits per heavy atom. The summed E-state index contributed by atoms with van der Waals surface area (Å²) in [6.45, 7) is 31.0. The van der Waals surface area contributed by atoms with Crippen molar-refractivity contribution in [3.05, 3.63) is 0 Å². The summed E-state index contributed by atoms with van der Waals surface area (Å²) >= 11 is 0. The molecule has 0 heterocycles. The average molecular weight is 382 g/mol. The summed E-state index contributed by atoms with van der Waals surface area (Å²) in [5.74, 6) is 0. The molecule has 0 unspecified atom stereocenters. The highest BCUT2D eigenvalue weighted by Crippen LogP contribution is 2.60. The van der Waals surface area contributed by atoms with Gasteiger partial charge in [-0.1, -0.05) is 98.9 Å². The molecule has 5 heteroatoms. The molecule has 145 valence electrons. The van der Waals surface area contributed by atoms with Gasteiger partial charge in [0, 0.05) is 7.74 Å². The zero-order valence-corrected chi connectivity index (χ0v) is 21.1. The van der Waals surface area contributed by atoms with Crippen molar-refractivity contribution in [3.8, 4) is 0 Å². The molecule has 0 saturated heterocycles. The van der Waals surface area contributed by atoms with E-state index in [4.69, 9.17) is 7.74 Å². The topological polar surface area (TPSA) is 3.24 Å². The lowest BCUT2D eigenvalue weighted by Crippen LogP contribution is -2.38. The molecule has 0 rings (SSSR count). The Bertz CT molecular complexity index is 322. The molecule has 0 aromatic heterocycles. The first-order chi connectivity index (χ1) is 10.9. The third kappa shape index (κ3) is 9.63. The molecule has 0 fully saturated rings. The van der Waals surface area contributed by atoms with Gasteiger partial charge in [-0.25, -0.2) is 0 Å². The van der Waals surface area contributed by atoms with Crippen LogP contribution in [0.2, 0.25) is 0 Å². The van der Waals surface area contributed by atoms with Crippen LogP contribution in [0.4, 0.5) is 0 Å². The van der Waals surface area contributed by atoms with Crippen LogP contribution < -0.4 is 0 Å². The second-order valence-electron chi connectivity index (χ2n) is 11.2. The summed E-state index contributed by atoms with van der Waals surface area (Å²) in [7, 11) is 7.70. The van der Waals surface area contributed by atoms with E-state index >= 15 is 0 Å². The number of hydrogen-bond acceptors (Lipinski definition) is 1. The summed E-state index contributed by atoms with van der Waals surface area (Å²) in [5, 5.41) is 1.54. The molecule has 0 aliphatic carbocycles. The van der Waals surface area contributed by atoms with Crippen molar-refractivity contribution < 1.29 is 0 Å². The molecular formula is C20H44B2NP2. The van der Waals surface area contributed by atoms with E-state index < -0.39 is 0 Å². The molecule has 0 atom stereocenters. The van der Waals surface area contributed by atoms with Crippen molar-refractivity contribution in [2.24, 2.45) is 0 Å². The average Bonchev–Trinajstić information content (AvgIpc) is 2.30. The van der Waals surface area contributed by atoms with Gasteiger partial charge in [-0.15, -0.1) is 0 Å². The minimum Gasteiger partial charge on any atom is -0.356 e. The van der Waals surface area contributed by atoms with Crippen LogP contribution in [0.15, 0.2) is 0 Å². The van der Waals surface area contributed by atoms with Gasteiger partial charge in [-0.05, 0) is 46.0 Å². The maximum absolute atomic E-state index is 6.00. The fourth-order valence-electron chi connectivity index (χ4n) is 4.07. The first-order valence-corrected chi connectivity index (χ1v) is 12.8. The van der Waals surface area contributed by atoms with Crippen molar-refractivity contribution in [2.75, 3.05) is 25.4 Å².